The highest BCUT2D eigenvalue weighted by atomic mass is 127. The van der Waals surface area contributed by atoms with E-state index in [-0.39, 0.29) is 6.61 Å². The normalized spacial score (nSPS) is 10.2. The van der Waals surface area contributed by atoms with Gasteiger partial charge in [-0.1, -0.05) is 0 Å². The first-order valence-corrected chi connectivity index (χ1v) is 5.58. The predicted molar refractivity (Wildman–Crippen MR) is 64.3 cm³/mol. The number of phenolic OH excluding ortho intramolecular Hbond substituents is 1. The van der Waals surface area contributed by atoms with Gasteiger partial charge in [0.15, 0.2) is 0 Å². The molecule has 12 heavy (non-hydrogen) atoms. The van der Waals surface area contributed by atoms with E-state index in [1.54, 1.807) is 6.07 Å². The molecule has 0 aliphatic carbocycles. The molecule has 0 aliphatic rings. The third-order valence-electron chi connectivity index (χ3n) is 1.50. The fourth-order valence-electron chi connectivity index (χ4n) is 0.893. The summed E-state index contributed by atoms with van der Waals surface area (Å²) in [5, 5.41) is 18.1. The zero-order valence-electron chi connectivity index (χ0n) is 6.22. The van der Waals surface area contributed by atoms with Gasteiger partial charge in [0, 0.05) is 10.2 Å². The molecule has 1 aromatic rings. The van der Waals surface area contributed by atoms with Gasteiger partial charge in [-0.2, -0.15) is 0 Å². The van der Waals surface area contributed by atoms with Gasteiger partial charge in [0.25, 0.3) is 0 Å². The Hall–Kier alpha value is 0.440. The summed E-state index contributed by atoms with van der Waals surface area (Å²) in [6.07, 6.45) is 0.600. The van der Waals surface area contributed by atoms with Crippen LogP contribution in [0.1, 0.15) is 5.56 Å². The first-order chi connectivity index (χ1) is 5.65. The Bertz CT molecular complexity index is 287. The molecule has 0 saturated carbocycles. The molecular weight excluding hydrogens is 382 g/mol. The summed E-state index contributed by atoms with van der Waals surface area (Å²) in [7, 11) is 0. The number of benzene rings is 1. The number of halogens is 2. The van der Waals surface area contributed by atoms with Crippen LogP contribution >= 0.6 is 45.2 Å². The monoisotopic (exact) mass is 390 g/mol. The van der Waals surface area contributed by atoms with Crippen LogP contribution in [0.25, 0.3) is 0 Å². The van der Waals surface area contributed by atoms with Crippen LogP contribution in [0.3, 0.4) is 0 Å². The quantitative estimate of drug-likeness (QED) is 0.761. The van der Waals surface area contributed by atoms with E-state index in [0.29, 0.717) is 12.2 Å². The van der Waals surface area contributed by atoms with Crippen molar-refractivity contribution in [1.82, 2.24) is 0 Å². The molecule has 0 unspecified atom stereocenters. The molecule has 2 N–H and O–H groups in total. The minimum atomic E-state index is 0.121. The molecule has 0 atom stereocenters. The van der Waals surface area contributed by atoms with Crippen LogP contribution in [0, 0.1) is 7.14 Å². The molecule has 0 radical (unpaired) electrons. The van der Waals surface area contributed by atoms with Crippen LogP contribution in [0.15, 0.2) is 12.1 Å². The Morgan fingerprint density at radius 1 is 1.17 bits per heavy atom. The molecule has 1 aromatic carbocycles. The first kappa shape index (κ1) is 10.5. The lowest BCUT2D eigenvalue weighted by atomic mass is 10.1. The number of aliphatic hydroxyl groups excluding tert-OH is 1. The van der Waals surface area contributed by atoms with Gasteiger partial charge >= 0.3 is 0 Å². The van der Waals surface area contributed by atoms with E-state index < -0.39 is 0 Å². The lowest BCUT2D eigenvalue weighted by Crippen LogP contribution is -1.94. The van der Waals surface area contributed by atoms with Crippen LogP contribution < -0.4 is 0 Å². The van der Waals surface area contributed by atoms with Gasteiger partial charge in [-0.3, -0.25) is 0 Å². The minimum Gasteiger partial charge on any atom is -0.507 e. The van der Waals surface area contributed by atoms with Crippen molar-refractivity contribution in [1.29, 1.82) is 0 Å². The maximum atomic E-state index is 9.36. The van der Waals surface area contributed by atoms with E-state index >= 15 is 0 Å². The molecule has 0 aromatic heterocycles. The summed E-state index contributed by atoms with van der Waals surface area (Å²) < 4.78 is 1.93. The molecule has 1 rings (SSSR count). The fourth-order valence-corrected chi connectivity index (χ4v) is 2.69. The lowest BCUT2D eigenvalue weighted by molar-refractivity contribution is 0.299. The molecule has 2 nitrogen and oxygen atoms in total. The van der Waals surface area contributed by atoms with E-state index in [4.69, 9.17) is 5.11 Å². The fraction of sp³-hybridized carbons (Fsp3) is 0.250. The zero-order valence-corrected chi connectivity index (χ0v) is 10.5. The van der Waals surface area contributed by atoms with Crippen molar-refractivity contribution in [3.05, 3.63) is 24.8 Å². The van der Waals surface area contributed by atoms with Gasteiger partial charge in [-0.15, -0.1) is 0 Å². The van der Waals surface area contributed by atoms with Crippen LogP contribution in [-0.4, -0.2) is 16.8 Å². The SMILES string of the molecule is OCCc1cc(O)c(I)cc1I. The standard InChI is InChI=1S/C8H8I2O2/c9-6-4-7(10)8(12)3-5(6)1-2-11/h3-4,11-12H,1-2H2. The van der Waals surface area contributed by atoms with Crippen molar-refractivity contribution >= 4 is 45.2 Å². The highest BCUT2D eigenvalue weighted by molar-refractivity contribution is 14.1. The molecule has 0 bridgehead atoms. The Morgan fingerprint density at radius 3 is 2.42 bits per heavy atom. The number of aromatic hydroxyl groups is 1. The molecule has 0 heterocycles. The second kappa shape index (κ2) is 4.61. The summed E-state index contributed by atoms with van der Waals surface area (Å²) in [6, 6.07) is 3.61. The maximum absolute atomic E-state index is 9.36. The highest BCUT2D eigenvalue weighted by Gasteiger charge is 2.04. The third kappa shape index (κ3) is 2.46. The van der Waals surface area contributed by atoms with Crippen LogP contribution in [0.4, 0.5) is 0 Å². The molecular formula is C8H8I2O2. The van der Waals surface area contributed by atoms with Crippen molar-refractivity contribution in [2.45, 2.75) is 6.42 Å². The molecule has 4 heteroatoms. The average Bonchev–Trinajstić information content (AvgIpc) is 2.01. The van der Waals surface area contributed by atoms with Gasteiger partial charge in [0.2, 0.25) is 0 Å². The Kier molecular flexibility index (Phi) is 4.04. The van der Waals surface area contributed by atoms with Crippen molar-refractivity contribution in [3.63, 3.8) is 0 Å². The lowest BCUT2D eigenvalue weighted by Gasteiger charge is -2.04. The summed E-state index contributed by atoms with van der Waals surface area (Å²) in [5.41, 5.74) is 0.996. The topological polar surface area (TPSA) is 40.5 Å². The van der Waals surface area contributed by atoms with E-state index in [1.807, 2.05) is 6.07 Å². The number of rotatable bonds is 2. The molecule has 0 aliphatic heterocycles. The summed E-state index contributed by atoms with van der Waals surface area (Å²) in [5.74, 6) is 0.291. The molecule has 66 valence electrons. The number of hydrogen-bond acceptors (Lipinski definition) is 2. The zero-order chi connectivity index (χ0) is 9.14. The van der Waals surface area contributed by atoms with Crippen molar-refractivity contribution in [3.8, 4) is 5.75 Å². The average molecular weight is 390 g/mol. The van der Waals surface area contributed by atoms with Crippen molar-refractivity contribution in [2.24, 2.45) is 0 Å². The smallest absolute Gasteiger partial charge is 0.129 e. The van der Waals surface area contributed by atoms with Gasteiger partial charge in [-0.25, -0.2) is 0 Å². The maximum Gasteiger partial charge on any atom is 0.129 e. The summed E-state index contributed by atoms with van der Waals surface area (Å²) in [6.45, 7) is 0.121. The van der Waals surface area contributed by atoms with Gasteiger partial charge in [-0.05, 0) is 69.3 Å². The largest absolute Gasteiger partial charge is 0.507 e. The molecule has 0 amide bonds. The number of aliphatic hydroxyl groups is 1. The van der Waals surface area contributed by atoms with E-state index in [0.717, 1.165) is 12.7 Å². The Balaban J connectivity index is 3.05. The van der Waals surface area contributed by atoms with Crippen molar-refractivity contribution < 1.29 is 10.2 Å². The second-order valence-corrected chi connectivity index (χ2v) is 4.69. The highest BCUT2D eigenvalue weighted by Crippen LogP contribution is 2.25. The number of hydrogen-bond donors (Lipinski definition) is 2. The van der Waals surface area contributed by atoms with Gasteiger partial charge < -0.3 is 10.2 Å². The summed E-state index contributed by atoms with van der Waals surface area (Å²) >= 11 is 4.28. The van der Waals surface area contributed by atoms with Crippen LogP contribution in [0.2, 0.25) is 0 Å². The van der Waals surface area contributed by atoms with Crippen molar-refractivity contribution in [2.75, 3.05) is 6.61 Å². The minimum absolute atomic E-state index is 0.121. The van der Waals surface area contributed by atoms with Crippen LogP contribution in [-0.2, 0) is 6.42 Å². The summed E-state index contributed by atoms with van der Waals surface area (Å²) in [4.78, 5) is 0. The van der Waals surface area contributed by atoms with Gasteiger partial charge in [0.05, 0.1) is 3.57 Å². The van der Waals surface area contributed by atoms with E-state index in [9.17, 15) is 5.11 Å². The Morgan fingerprint density at radius 2 is 1.83 bits per heavy atom. The number of phenols is 1. The second-order valence-electron chi connectivity index (χ2n) is 2.37. The van der Waals surface area contributed by atoms with Crippen LogP contribution in [0.5, 0.6) is 5.75 Å². The first-order valence-electron chi connectivity index (χ1n) is 3.43. The molecule has 0 fully saturated rings. The molecule has 0 spiro atoms. The predicted octanol–water partition coefficient (Wildman–Crippen LogP) is 2.14. The Labute approximate surface area is 98.3 Å². The third-order valence-corrected chi connectivity index (χ3v) is 3.37. The molecule has 0 saturated heterocycles. The van der Waals surface area contributed by atoms with E-state index in [1.165, 1.54) is 0 Å². The van der Waals surface area contributed by atoms with E-state index in [2.05, 4.69) is 45.2 Å². The van der Waals surface area contributed by atoms with Gasteiger partial charge in [0.1, 0.15) is 5.75 Å².